The largest absolute Gasteiger partial charge is 0.378 e. The number of rotatable bonds is 5. The van der Waals surface area contributed by atoms with Crippen molar-refractivity contribution in [1.82, 2.24) is 9.55 Å². The van der Waals surface area contributed by atoms with Gasteiger partial charge in [-0.1, -0.05) is 25.1 Å². The molecule has 3 aromatic rings. The van der Waals surface area contributed by atoms with Crippen LogP contribution in [-0.4, -0.2) is 9.55 Å². The number of nitrogens with one attached hydrogen (secondary N) is 1. The maximum absolute atomic E-state index is 4.47. The summed E-state index contributed by atoms with van der Waals surface area (Å²) in [6.45, 7) is 4.09. The van der Waals surface area contributed by atoms with Gasteiger partial charge in [0, 0.05) is 23.8 Å². The van der Waals surface area contributed by atoms with Gasteiger partial charge < -0.3 is 9.88 Å². The van der Waals surface area contributed by atoms with Crippen molar-refractivity contribution < 1.29 is 0 Å². The smallest absolute Gasteiger partial charge is 0.0703 e. The summed E-state index contributed by atoms with van der Waals surface area (Å²) in [5.74, 6) is 0. The molecule has 3 heteroatoms. The molecule has 1 N–H and O–H groups in total. The zero-order chi connectivity index (χ0) is 13.8. The molecule has 1 aromatic carbocycles. The molecule has 0 amide bonds. The number of hydrogen-bond donors (Lipinski definition) is 1. The van der Waals surface area contributed by atoms with E-state index in [0.29, 0.717) is 0 Å². The number of hydrogen-bond acceptors (Lipinski definition) is 2. The lowest BCUT2D eigenvalue weighted by Crippen LogP contribution is -2.07. The molecule has 0 atom stereocenters. The van der Waals surface area contributed by atoms with Crippen LogP contribution in [0.2, 0.25) is 0 Å². The predicted octanol–water partition coefficient (Wildman–Crippen LogP) is 4.06. The Hall–Kier alpha value is -2.29. The Kier molecular flexibility index (Phi) is 3.68. The van der Waals surface area contributed by atoms with Crippen molar-refractivity contribution in [2.75, 3.05) is 5.32 Å². The van der Waals surface area contributed by atoms with E-state index in [2.05, 4.69) is 52.3 Å². The van der Waals surface area contributed by atoms with Crippen molar-refractivity contribution in [3.05, 3.63) is 60.6 Å². The third-order valence-electron chi connectivity index (χ3n) is 3.45. The summed E-state index contributed by atoms with van der Waals surface area (Å²) in [5.41, 5.74) is 3.40. The summed E-state index contributed by atoms with van der Waals surface area (Å²) in [6, 6.07) is 14.6. The molecule has 0 aliphatic heterocycles. The Labute approximate surface area is 119 Å². The number of anilines is 1. The van der Waals surface area contributed by atoms with Gasteiger partial charge in [-0.15, -0.1) is 0 Å². The van der Waals surface area contributed by atoms with Gasteiger partial charge in [-0.3, -0.25) is 4.98 Å². The summed E-state index contributed by atoms with van der Waals surface area (Å²) in [5, 5.41) is 4.62. The minimum atomic E-state index is 0.826. The van der Waals surface area contributed by atoms with Gasteiger partial charge in [-0.25, -0.2) is 0 Å². The molecule has 0 unspecified atom stereocenters. The molecule has 0 fully saturated rings. The van der Waals surface area contributed by atoms with Crippen molar-refractivity contribution in [1.29, 1.82) is 0 Å². The Morgan fingerprint density at radius 3 is 2.95 bits per heavy atom. The molecule has 3 nitrogen and oxygen atoms in total. The molecule has 20 heavy (non-hydrogen) atoms. The Balaban J connectivity index is 1.74. The van der Waals surface area contributed by atoms with Crippen LogP contribution in [0.3, 0.4) is 0 Å². The van der Waals surface area contributed by atoms with E-state index in [1.54, 1.807) is 0 Å². The van der Waals surface area contributed by atoms with Gasteiger partial charge in [0.05, 0.1) is 23.9 Å². The number of fused-ring (bicyclic) bond motifs is 1. The fourth-order valence-corrected chi connectivity index (χ4v) is 2.43. The molecule has 0 radical (unpaired) electrons. The number of aromatic nitrogens is 2. The summed E-state index contributed by atoms with van der Waals surface area (Å²) in [7, 11) is 0. The second-order valence-corrected chi connectivity index (χ2v) is 4.96. The second-order valence-electron chi connectivity index (χ2n) is 4.96. The minimum Gasteiger partial charge on any atom is -0.378 e. The van der Waals surface area contributed by atoms with Crippen molar-refractivity contribution in [3.8, 4) is 0 Å². The fraction of sp³-hybridized carbons (Fsp3) is 0.235. The van der Waals surface area contributed by atoms with E-state index < -0.39 is 0 Å². The van der Waals surface area contributed by atoms with Gasteiger partial charge in [0.2, 0.25) is 0 Å². The highest BCUT2D eigenvalue weighted by Crippen LogP contribution is 2.17. The normalized spacial score (nSPS) is 10.8. The van der Waals surface area contributed by atoms with Crippen molar-refractivity contribution in [2.45, 2.75) is 26.4 Å². The highest BCUT2D eigenvalue weighted by atomic mass is 15.0. The van der Waals surface area contributed by atoms with Crippen LogP contribution in [0.1, 0.15) is 19.0 Å². The maximum atomic E-state index is 4.47. The third-order valence-corrected chi connectivity index (χ3v) is 3.45. The Bertz CT molecular complexity index is 700. The van der Waals surface area contributed by atoms with Crippen molar-refractivity contribution >= 4 is 16.6 Å². The van der Waals surface area contributed by atoms with Crippen LogP contribution >= 0.6 is 0 Å². The number of aryl methyl sites for hydroxylation is 1. The minimum absolute atomic E-state index is 0.826. The fourth-order valence-electron chi connectivity index (χ4n) is 2.43. The molecule has 0 bridgehead atoms. The van der Waals surface area contributed by atoms with E-state index in [0.717, 1.165) is 30.7 Å². The lowest BCUT2D eigenvalue weighted by molar-refractivity contribution is 0.654. The van der Waals surface area contributed by atoms with Crippen LogP contribution in [0, 0.1) is 0 Å². The molecule has 0 saturated carbocycles. The molecule has 0 aliphatic rings. The highest BCUT2D eigenvalue weighted by molar-refractivity contribution is 5.81. The Morgan fingerprint density at radius 2 is 2.05 bits per heavy atom. The third kappa shape index (κ3) is 2.67. The number of pyridine rings is 1. The molecular weight excluding hydrogens is 246 g/mol. The lowest BCUT2D eigenvalue weighted by atomic mass is 10.2. The van der Waals surface area contributed by atoms with Crippen LogP contribution in [0.25, 0.3) is 10.9 Å². The van der Waals surface area contributed by atoms with Crippen molar-refractivity contribution in [2.24, 2.45) is 0 Å². The molecule has 2 heterocycles. The van der Waals surface area contributed by atoms with E-state index in [-0.39, 0.29) is 0 Å². The first-order chi connectivity index (χ1) is 9.86. The molecule has 0 spiro atoms. The summed E-state index contributed by atoms with van der Waals surface area (Å²) >= 11 is 0. The molecular formula is C17H19N3. The first-order valence-electron chi connectivity index (χ1n) is 7.09. The number of para-hydroxylation sites is 1. The summed E-state index contributed by atoms with van der Waals surface area (Å²) in [6.07, 6.45) is 5.19. The average Bonchev–Trinajstić information content (AvgIpc) is 2.93. The topological polar surface area (TPSA) is 29.9 Å². The van der Waals surface area contributed by atoms with E-state index in [9.17, 15) is 0 Å². The van der Waals surface area contributed by atoms with Crippen molar-refractivity contribution in [3.63, 3.8) is 0 Å². The van der Waals surface area contributed by atoms with Crippen LogP contribution in [0.4, 0.5) is 5.69 Å². The maximum Gasteiger partial charge on any atom is 0.0703 e. The van der Waals surface area contributed by atoms with Gasteiger partial charge in [0.25, 0.3) is 0 Å². The lowest BCUT2D eigenvalue weighted by Gasteiger charge is -2.10. The van der Waals surface area contributed by atoms with Crippen LogP contribution in [0.5, 0.6) is 0 Å². The molecule has 3 rings (SSSR count). The average molecular weight is 265 g/mol. The monoisotopic (exact) mass is 265 g/mol. The summed E-state index contributed by atoms with van der Waals surface area (Å²) in [4.78, 5) is 4.47. The van der Waals surface area contributed by atoms with Gasteiger partial charge in [-0.2, -0.15) is 0 Å². The molecule has 0 saturated heterocycles. The highest BCUT2D eigenvalue weighted by Gasteiger charge is 2.01. The van der Waals surface area contributed by atoms with E-state index in [4.69, 9.17) is 0 Å². The SMILES string of the molecule is CCCn1cccc1CNc1cnc2ccccc2c1. The van der Waals surface area contributed by atoms with E-state index in [1.165, 1.54) is 11.1 Å². The molecule has 102 valence electrons. The number of nitrogens with zero attached hydrogens (tertiary/aromatic N) is 2. The second kappa shape index (κ2) is 5.78. The first-order valence-corrected chi connectivity index (χ1v) is 7.09. The van der Waals surface area contributed by atoms with E-state index in [1.807, 2.05) is 24.4 Å². The van der Waals surface area contributed by atoms with E-state index >= 15 is 0 Å². The predicted molar refractivity (Wildman–Crippen MR) is 83.8 cm³/mol. The van der Waals surface area contributed by atoms with Crippen LogP contribution < -0.4 is 5.32 Å². The standard InChI is InChI=1S/C17H19N3/c1-2-9-20-10-5-7-16(20)13-18-15-11-14-6-3-4-8-17(14)19-12-15/h3-8,10-12,18H,2,9,13H2,1H3. The Morgan fingerprint density at radius 1 is 1.15 bits per heavy atom. The van der Waals surface area contributed by atoms with Crippen LogP contribution in [-0.2, 0) is 13.1 Å². The van der Waals surface area contributed by atoms with Crippen LogP contribution in [0.15, 0.2) is 54.9 Å². The summed E-state index contributed by atoms with van der Waals surface area (Å²) < 4.78 is 2.29. The number of benzene rings is 1. The van der Waals surface area contributed by atoms with Gasteiger partial charge in [0.15, 0.2) is 0 Å². The molecule has 0 aliphatic carbocycles. The van der Waals surface area contributed by atoms with Gasteiger partial charge in [0.1, 0.15) is 0 Å². The quantitative estimate of drug-likeness (QED) is 0.754. The zero-order valence-corrected chi connectivity index (χ0v) is 11.7. The van der Waals surface area contributed by atoms with Gasteiger partial charge in [-0.05, 0) is 30.7 Å². The first kappa shape index (κ1) is 12.7. The zero-order valence-electron chi connectivity index (χ0n) is 11.7. The molecule has 2 aromatic heterocycles. The van der Waals surface area contributed by atoms with Gasteiger partial charge >= 0.3 is 0 Å².